The number of carbonyl (C=O) groups excluding carboxylic acids is 3. The minimum absolute atomic E-state index is 0.0482. The molecule has 142 valence electrons. The van der Waals surface area contributed by atoms with Crippen molar-refractivity contribution in [2.24, 2.45) is 0 Å². The number of esters is 1. The van der Waals surface area contributed by atoms with Gasteiger partial charge in [-0.15, -0.1) is 11.3 Å². The van der Waals surface area contributed by atoms with E-state index in [-0.39, 0.29) is 19.1 Å². The van der Waals surface area contributed by atoms with Crippen molar-refractivity contribution in [3.8, 4) is 0 Å². The topological polar surface area (TPSA) is 75.7 Å². The number of aryl methyl sites for hydroxylation is 2. The lowest BCUT2D eigenvalue weighted by Crippen LogP contribution is -2.38. The molecule has 0 spiro atoms. The number of thiocarbonyl (C=S) groups is 1. The number of nitrogens with zero attached hydrogens (tertiary/aromatic N) is 1. The Kier molecular flexibility index (Phi) is 8.05. The van der Waals surface area contributed by atoms with Crippen LogP contribution in [0.4, 0.5) is 0 Å². The second kappa shape index (κ2) is 10.0. The van der Waals surface area contributed by atoms with E-state index in [0.29, 0.717) is 21.5 Å². The number of carbonyl (C=O) groups is 3. The van der Waals surface area contributed by atoms with Crippen LogP contribution in [0.25, 0.3) is 0 Å². The Labute approximate surface area is 166 Å². The molecule has 0 radical (unpaired) electrons. The van der Waals surface area contributed by atoms with Gasteiger partial charge in [0.2, 0.25) is 5.91 Å². The third-order valence-electron chi connectivity index (χ3n) is 3.79. The molecule has 1 aromatic rings. The predicted molar refractivity (Wildman–Crippen MR) is 108 cm³/mol. The van der Waals surface area contributed by atoms with E-state index in [1.54, 1.807) is 0 Å². The van der Waals surface area contributed by atoms with Gasteiger partial charge in [0, 0.05) is 18.0 Å². The average Bonchev–Trinajstić information content (AvgIpc) is 3.17. The fourth-order valence-electron chi connectivity index (χ4n) is 2.46. The minimum Gasteiger partial charge on any atom is -0.451 e. The number of nitrogens with one attached hydrogen (secondary N) is 1. The van der Waals surface area contributed by atoms with Gasteiger partial charge in [0.1, 0.15) is 9.20 Å². The summed E-state index contributed by atoms with van der Waals surface area (Å²) in [5.41, 5.74) is 1.16. The van der Waals surface area contributed by atoms with E-state index < -0.39 is 11.9 Å². The van der Waals surface area contributed by atoms with Crippen LogP contribution in [0.2, 0.25) is 0 Å². The van der Waals surface area contributed by atoms with Gasteiger partial charge in [-0.2, -0.15) is 0 Å². The van der Waals surface area contributed by atoms with Gasteiger partial charge in [-0.05, 0) is 24.5 Å². The zero-order chi connectivity index (χ0) is 19.1. The molecule has 9 heteroatoms. The highest BCUT2D eigenvalue weighted by Gasteiger charge is 2.26. The summed E-state index contributed by atoms with van der Waals surface area (Å²) in [6.45, 7) is 4.41. The average molecular weight is 415 g/mol. The summed E-state index contributed by atoms with van der Waals surface area (Å²) < 4.78 is 5.63. The van der Waals surface area contributed by atoms with Crippen LogP contribution in [0, 0.1) is 0 Å². The first kappa shape index (κ1) is 20.9. The minimum atomic E-state index is -0.477. The maximum atomic E-state index is 12.1. The second-order valence-corrected chi connectivity index (χ2v) is 8.43. The Morgan fingerprint density at radius 3 is 2.77 bits per heavy atom. The predicted octanol–water partition coefficient (Wildman–Crippen LogP) is 2.40. The first-order valence-corrected chi connectivity index (χ1v) is 10.7. The number of hydrogen-bond donors (Lipinski definition) is 1. The lowest BCUT2D eigenvalue weighted by atomic mass is 10.1. The smallest absolute Gasteiger partial charge is 0.348 e. The van der Waals surface area contributed by atoms with Gasteiger partial charge in [-0.25, -0.2) is 4.79 Å². The fraction of sp³-hybridized carbons (Fsp3) is 0.529. The Hall–Kier alpha value is -1.45. The Morgan fingerprint density at radius 1 is 1.38 bits per heavy atom. The van der Waals surface area contributed by atoms with Crippen molar-refractivity contribution >= 4 is 57.4 Å². The molecule has 1 fully saturated rings. The first-order chi connectivity index (χ1) is 12.5. The molecule has 0 atom stereocenters. The SMILES string of the molecule is CCCc1sc(C(=O)OCC(=O)NCCN2C(=O)CSC2=S)cc1CC. The molecule has 1 aliphatic heterocycles. The van der Waals surface area contributed by atoms with Crippen molar-refractivity contribution in [2.75, 3.05) is 25.4 Å². The summed E-state index contributed by atoms with van der Waals surface area (Å²) in [5, 5.41) is 2.63. The van der Waals surface area contributed by atoms with Gasteiger partial charge >= 0.3 is 5.97 Å². The third kappa shape index (κ3) is 5.52. The molecule has 0 aliphatic carbocycles. The second-order valence-electron chi connectivity index (χ2n) is 5.69. The monoisotopic (exact) mass is 414 g/mol. The fourth-order valence-corrected chi connectivity index (χ4v) is 4.83. The van der Waals surface area contributed by atoms with Crippen LogP contribution in [0.3, 0.4) is 0 Å². The summed E-state index contributed by atoms with van der Waals surface area (Å²) in [6, 6.07) is 1.85. The van der Waals surface area contributed by atoms with Crippen LogP contribution in [0.1, 0.15) is 40.4 Å². The number of rotatable bonds is 9. The highest BCUT2D eigenvalue weighted by molar-refractivity contribution is 8.23. The van der Waals surface area contributed by atoms with Crippen molar-refractivity contribution < 1.29 is 19.1 Å². The van der Waals surface area contributed by atoms with Gasteiger partial charge < -0.3 is 10.1 Å². The van der Waals surface area contributed by atoms with Crippen LogP contribution in [0.5, 0.6) is 0 Å². The Morgan fingerprint density at radius 2 is 2.15 bits per heavy atom. The zero-order valence-electron chi connectivity index (χ0n) is 14.8. The molecule has 2 heterocycles. The maximum Gasteiger partial charge on any atom is 0.348 e. The molecule has 0 bridgehead atoms. The third-order valence-corrected chi connectivity index (χ3v) is 6.44. The summed E-state index contributed by atoms with van der Waals surface area (Å²) in [6.07, 6.45) is 2.83. The maximum absolute atomic E-state index is 12.1. The van der Waals surface area contributed by atoms with Crippen molar-refractivity contribution in [1.82, 2.24) is 10.2 Å². The van der Waals surface area contributed by atoms with Gasteiger partial charge in [0.25, 0.3) is 5.91 Å². The normalized spacial score (nSPS) is 14.0. The summed E-state index contributed by atoms with van der Waals surface area (Å²) in [5.74, 6) is -0.572. The highest BCUT2D eigenvalue weighted by Crippen LogP contribution is 2.25. The van der Waals surface area contributed by atoms with E-state index in [1.165, 1.54) is 32.9 Å². The van der Waals surface area contributed by atoms with Gasteiger partial charge in [0.15, 0.2) is 6.61 Å². The molecule has 1 saturated heterocycles. The molecular weight excluding hydrogens is 392 g/mol. The number of thioether (sulfide) groups is 1. The van der Waals surface area contributed by atoms with E-state index in [9.17, 15) is 14.4 Å². The van der Waals surface area contributed by atoms with Gasteiger partial charge in [-0.1, -0.05) is 44.2 Å². The first-order valence-electron chi connectivity index (χ1n) is 8.48. The van der Waals surface area contributed by atoms with E-state index in [2.05, 4.69) is 19.2 Å². The number of amides is 2. The van der Waals surface area contributed by atoms with Crippen molar-refractivity contribution in [1.29, 1.82) is 0 Å². The van der Waals surface area contributed by atoms with E-state index in [0.717, 1.165) is 24.8 Å². The van der Waals surface area contributed by atoms with Crippen LogP contribution >= 0.6 is 35.3 Å². The molecule has 2 rings (SSSR count). The molecule has 0 saturated carbocycles. The standard InChI is InChI=1S/C17H22N2O4S3/c1-3-5-12-11(4-2)8-13(26-12)16(22)23-9-14(20)18-6-7-19-15(21)10-25-17(19)24/h8H,3-7,9-10H2,1-2H3,(H,18,20). The summed E-state index contributed by atoms with van der Waals surface area (Å²) in [4.78, 5) is 38.7. The quantitative estimate of drug-likeness (QED) is 0.494. The molecule has 0 unspecified atom stereocenters. The molecular formula is C17H22N2O4S3. The Balaban J connectivity index is 1.75. The molecule has 1 aromatic heterocycles. The molecule has 1 aliphatic rings. The van der Waals surface area contributed by atoms with Crippen LogP contribution in [0.15, 0.2) is 6.07 Å². The molecule has 6 nitrogen and oxygen atoms in total. The van der Waals surface area contributed by atoms with Crippen LogP contribution < -0.4 is 5.32 Å². The van der Waals surface area contributed by atoms with Crippen molar-refractivity contribution in [3.63, 3.8) is 0 Å². The highest BCUT2D eigenvalue weighted by atomic mass is 32.2. The van der Waals surface area contributed by atoms with E-state index in [1.807, 2.05) is 6.07 Å². The van der Waals surface area contributed by atoms with Gasteiger partial charge in [-0.3, -0.25) is 14.5 Å². The lowest BCUT2D eigenvalue weighted by Gasteiger charge is -2.14. The summed E-state index contributed by atoms with van der Waals surface area (Å²) in [7, 11) is 0. The Bertz CT molecular complexity index is 686. The van der Waals surface area contributed by atoms with E-state index in [4.69, 9.17) is 17.0 Å². The number of thiophene rings is 1. The van der Waals surface area contributed by atoms with Gasteiger partial charge in [0.05, 0.1) is 5.75 Å². The van der Waals surface area contributed by atoms with Crippen molar-refractivity contribution in [3.05, 3.63) is 21.4 Å². The molecule has 2 amide bonds. The molecule has 1 N–H and O–H groups in total. The molecule has 0 aromatic carbocycles. The number of hydrogen-bond acceptors (Lipinski definition) is 7. The van der Waals surface area contributed by atoms with Crippen molar-refractivity contribution in [2.45, 2.75) is 33.1 Å². The molecule has 26 heavy (non-hydrogen) atoms. The van der Waals surface area contributed by atoms with E-state index >= 15 is 0 Å². The van der Waals surface area contributed by atoms with Crippen LogP contribution in [-0.4, -0.2) is 52.5 Å². The number of ether oxygens (including phenoxy) is 1. The largest absolute Gasteiger partial charge is 0.451 e. The summed E-state index contributed by atoms with van der Waals surface area (Å²) >= 11 is 7.82. The zero-order valence-corrected chi connectivity index (χ0v) is 17.3. The lowest BCUT2D eigenvalue weighted by molar-refractivity contribution is -0.126. The van der Waals surface area contributed by atoms with Crippen LogP contribution in [-0.2, 0) is 27.2 Å².